The number of rotatable bonds is 2. The predicted octanol–water partition coefficient (Wildman–Crippen LogP) is 3.54. The summed E-state index contributed by atoms with van der Waals surface area (Å²) in [5.74, 6) is 0.682. The number of fused-ring (bicyclic) bond motifs is 3. The highest BCUT2D eigenvalue weighted by Crippen LogP contribution is 2.27. The molecule has 0 N–H and O–H groups in total. The van der Waals surface area contributed by atoms with Crippen molar-refractivity contribution < 1.29 is 13.9 Å². The van der Waals surface area contributed by atoms with Crippen molar-refractivity contribution in [2.24, 2.45) is 0 Å². The maximum atomic E-state index is 12.2. The molecule has 2 heterocycles. The van der Waals surface area contributed by atoms with Crippen molar-refractivity contribution in [3.8, 4) is 5.75 Å². The zero-order valence-electron chi connectivity index (χ0n) is 12.8. The van der Waals surface area contributed by atoms with Crippen LogP contribution in [-0.4, -0.2) is 19.3 Å². The third-order valence-electron chi connectivity index (χ3n) is 4.03. The molecule has 0 saturated carbocycles. The summed E-state index contributed by atoms with van der Waals surface area (Å²) >= 11 is 0. The minimum absolute atomic E-state index is 0. The highest BCUT2D eigenvalue weighted by atomic mass is 32.1. The summed E-state index contributed by atoms with van der Waals surface area (Å²) in [5.41, 5.74) is 1.35. The van der Waals surface area contributed by atoms with Crippen molar-refractivity contribution in [2.75, 3.05) is 13.2 Å². The molecule has 5 heteroatoms. The van der Waals surface area contributed by atoms with E-state index in [1.165, 1.54) is 0 Å². The summed E-state index contributed by atoms with van der Waals surface area (Å²) in [6, 6.07) is 11.5. The van der Waals surface area contributed by atoms with Crippen LogP contribution in [0.3, 0.4) is 0 Å². The minimum atomic E-state index is -0.332. The topological polar surface area (TPSA) is 48.7 Å². The molecule has 0 unspecified atom stereocenters. The molecule has 0 radical (unpaired) electrons. The molecule has 23 heavy (non-hydrogen) atoms. The number of hydrogen-bond donors (Lipinski definition) is 0. The molecule has 3 aromatic rings. The molecule has 0 amide bonds. The van der Waals surface area contributed by atoms with Crippen LogP contribution in [0.5, 0.6) is 5.75 Å². The van der Waals surface area contributed by atoms with Crippen LogP contribution in [0, 0.1) is 6.92 Å². The summed E-state index contributed by atoms with van der Waals surface area (Å²) in [4.78, 5) is 12.2. The van der Waals surface area contributed by atoms with E-state index in [1.54, 1.807) is 6.07 Å². The van der Waals surface area contributed by atoms with E-state index in [9.17, 15) is 4.79 Å². The van der Waals surface area contributed by atoms with Gasteiger partial charge in [-0.3, -0.25) is 0 Å². The smallest absolute Gasteiger partial charge is 0.344 e. The molecule has 2 aromatic carbocycles. The van der Waals surface area contributed by atoms with Gasteiger partial charge in [-0.2, -0.15) is 13.5 Å². The van der Waals surface area contributed by atoms with Gasteiger partial charge in [-0.1, -0.05) is 12.1 Å². The number of hydrogen-bond acceptors (Lipinski definition) is 4. The second-order valence-corrected chi connectivity index (χ2v) is 5.70. The molecule has 0 bridgehead atoms. The zero-order chi connectivity index (χ0) is 15.1. The van der Waals surface area contributed by atoms with Gasteiger partial charge in [0.05, 0.1) is 18.6 Å². The highest BCUT2D eigenvalue weighted by Gasteiger charge is 2.18. The zero-order valence-corrected chi connectivity index (χ0v) is 13.8. The van der Waals surface area contributed by atoms with Crippen LogP contribution >= 0.6 is 13.5 Å². The van der Waals surface area contributed by atoms with Gasteiger partial charge in [0.25, 0.3) is 0 Å². The fourth-order valence-electron chi connectivity index (χ4n) is 2.89. The lowest BCUT2D eigenvalue weighted by Crippen LogP contribution is -2.15. The van der Waals surface area contributed by atoms with Crippen LogP contribution in [0.1, 0.15) is 12.0 Å². The Morgan fingerprint density at radius 3 is 2.70 bits per heavy atom. The highest BCUT2D eigenvalue weighted by molar-refractivity contribution is 7.59. The Balaban J connectivity index is 0.00000156. The standard InChI is InChI=1S/C18H16O4.H2S/c1-11-2-4-15-14-5-3-12(21-13-6-7-20-10-13)9-16(14)18(19)22-17(15)8-11;/h2-5,8-9,13H,6-7,10H2,1H3;1H2/t13-;/m1./s1. The lowest BCUT2D eigenvalue weighted by Gasteiger charge is -2.12. The molecule has 0 aliphatic carbocycles. The maximum Gasteiger partial charge on any atom is 0.344 e. The van der Waals surface area contributed by atoms with Crippen molar-refractivity contribution in [3.05, 3.63) is 52.4 Å². The fraction of sp³-hybridized carbons (Fsp3) is 0.278. The number of aryl methyl sites for hydroxylation is 1. The normalized spacial score (nSPS) is 17.3. The van der Waals surface area contributed by atoms with Crippen molar-refractivity contribution in [1.29, 1.82) is 0 Å². The van der Waals surface area contributed by atoms with Crippen molar-refractivity contribution in [2.45, 2.75) is 19.4 Å². The summed E-state index contributed by atoms with van der Waals surface area (Å²) in [5, 5.41) is 2.38. The van der Waals surface area contributed by atoms with E-state index >= 15 is 0 Å². The van der Waals surface area contributed by atoms with Gasteiger partial charge in [0.1, 0.15) is 17.4 Å². The molecule has 1 aliphatic heterocycles. The van der Waals surface area contributed by atoms with Crippen LogP contribution in [0.2, 0.25) is 0 Å². The van der Waals surface area contributed by atoms with E-state index in [-0.39, 0.29) is 25.2 Å². The molecular weight excluding hydrogens is 312 g/mol. The van der Waals surface area contributed by atoms with E-state index in [2.05, 4.69) is 0 Å². The first kappa shape index (κ1) is 15.9. The number of ether oxygens (including phenoxy) is 2. The Kier molecular flexibility index (Phi) is 4.33. The van der Waals surface area contributed by atoms with E-state index < -0.39 is 0 Å². The Labute approximate surface area is 140 Å². The summed E-state index contributed by atoms with van der Waals surface area (Å²) in [6.45, 7) is 3.30. The second kappa shape index (κ2) is 6.26. The van der Waals surface area contributed by atoms with Gasteiger partial charge >= 0.3 is 5.63 Å². The minimum Gasteiger partial charge on any atom is -0.488 e. The van der Waals surface area contributed by atoms with Crippen LogP contribution < -0.4 is 10.4 Å². The third kappa shape index (κ3) is 2.94. The van der Waals surface area contributed by atoms with Gasteiger partial charge in [0.2, 0.25) is 0 Å². The van der Waals surface area contributed by atoms with Gasteiger partial charge in [-0.15, -0.1) is 0 Å². The van der Waals surface area contributed by atoms with Crippen LogP contribution in [0.25, 0.3) is 21.7 Å². The Morgan fingerprint density at radius 2 is 1.91 bits per heavy atom. The largest absolute Gasteiger partial charge is 0.488 e. The summed E-state index contributed by atoms with van der Waals surface area (Å²) < 4.78 is 16.6. The van der Waals surface area contributed by atoms with Crippen LogP contribution in [0.4, 0.5) is 0 Å². The first-order valence-corrected chi connectivity index (χ1v) is 7.42. The van der Waals surface area contributed by atoms with E-state index in [0.29, 0.717) is 23.3 Å². The molecule has 1 fully saturated rings. The van der Waals surface area contributed by atoms with Crippen LogP contribution in [-0.2, 0) is 4.74 Å². The predicted molar refractivity (Wildman–Crippen MR) is 95.0 cm³/mol. The van der Waals surface area contributed by atoms with E-state index in [1.807, 2.05) is 37.3 Å². The second-order valence-electron chi connectivity index (χ2n) is 5.70. The number of benzene rings is 2. The van der Waals surface area contributed by atoms with Crippen LogP contribution in [0.15, 0.2) is 45.6 Å². The average Bonchev–Trinajstić information content (AvgIpc) is 3.00. The Bertz CT molecular complexity index is 910. The van der Waals surface area contributed by atoms with Crippen molar-refractivity contribution in [3.63, 3.8) is 0 Å². The molecule has 1 aromatic heterocycles. The quantitative estimate of drug-likeness (QED) is 0.533. The van der Waals surface area contributed by atoms with Gasteiger partial charge in [-0.25, -0.2) is 4.79 Å². The van der Waals surface area contributed by atoms with Crippen molar-refractivity contribution >= 4 is 35.2 Å². The first-order chi connectivity index (χ1) is 10.7. The summed E-state index contributed by atoms with van der Waals surface area (Å²) in [7, 11) is 0. The molecule has 1 atom stereocenters. The van der Waals surface area contributed by atoms with E-state index in [0.717, 1.165) is 29.4 Å². The molecular formula is C18H18O4S. The average molecular weight is 330 g/mol. The molecule has 4 nitrogen and oxygen atoms in total. The third-order valence-corrected chi connectivity index (χ3v) is 4.03. The first-order valence-electron chi connectivity index (χ1n) is 7.42. The SMILES string of the molecule is Cc1ccc2c(c1)oc(=O)c1cc(O[C@@H]3CCOC3)ccc12.S. The Morgan fingerprint density at radius 1 is 1.09 bits per heavy atom. The van der Waals surface area contributed by atoms with Gasteiger partial charge < -0.3 is 13.9 Å². The van der Waals surface area contributed by atoms with Gasteiger partial charge in [0, 0.05) is 17.2 Å². The fourth-order valence-corrected chi connectivity index (χ4v) is 2.89. The monoisotopic (exact) mass is 330 g/mol. The lowest BCUT2D eigenvalue weighted by molar-refractivity contribution is 0.141. The maximum absolute atomic E-state index is 12.2. The molecule has 1 aliphatic rings. The summed E-state index contributed by atoms with van der Waals surface area (Å²) in [6.07, 6.45) is 0.941. The van der Waals surface area contributed by atoms with Gasteiger partial charge in [-0.05, 0) is 36.8 Å². The molecule has 120 valence electrons. The van der Waals surface area contributed by atoms with Crippen molar-refractivity contribution in [1.82, 2.24) is 0 Å². The Hall–Kier alpha value is -1.98. The molecule has 4 rings (SSSR count). The lowest BCUT2D eigenvalue weighted by atomic mass is 10.1. The van der Waals surface area contributed by atoms with Gasteiger partial charge in [0.15, 0.2) is 0 Å². The van der Waals surface area contributed by atoms with E-state index in [4.69, 9.17) is 13.9 Å². The molecule has 0 spiro atoms. The molecule has 1 saturated heterocycles.